The molecule has 1 fully saturated rings. The molecule has 1 amide bonds. The minimum absolute atomic E-state index is 0.164. The van der Waals surface area contributed by atoms with Crippen LogP contribution in [0, 0.1) is 11.3 Å². The molecule has 1 saturated carbocycles. The molecule has 0 saturated heterocycles. The quantitative estimate of drug-likeness (QED) is 0.632. The summed E-state index contributed by atoms with van der Waals surface area (Å²) in [5.41, 5.74) is 4.88. The van der Waals surface area contributed by atoms with E-state index in [9.17, 15) is 9.59 Å². The summed E-state index contributed by atoms with van der Waals surface area (Å²) >= 11 is 0. The lowest BCUT2D eigenvalue weighted by Crippen LogP contribution is -2.49. The standard InChI is InChI=1S/C11H20N2O3/c1-7(8(2)12)9(14)13-6-11(10(15)16)4-3-5-11/h7-8H,3-6,12H2,1-2H3,(H,13,14)(H,15,16). The number of carbonyl (C=O) groups excluding carboxylic acids is 1. The molecule has 1 rings (SSSR count). The highest BCUT2D eigenvalue weighted by Crippen LogP contribution is 2.40. The van der Waals surface area contributed by atoms with Gasteiger partial charge in [0.05, 0.1) is 5.41 Å². The first-order chi connectivity index (χ1) is 7.39. The van der Waals surface area contributed by atoms with E-state index in [-0.39, 0.29) is 24.4 Å². The Morgan fingerprint density at radius 2 is 2.00 bits per heavy atom. The molecule has 0 bridgehead atoms. The van der Waals surface area contributed by atoms with E-state index in [4.69, 9.17) is 10.8 Å². The molecule has 1 aliphatic rings. The maximum absolute atomic E-state index is 11.6. The lowest BCUT2D eigenvalue weighted by Gasteiger charge is -2.37. The van der Waals surface area contributed by atoms with Crippen LogP contribution in [0.3, 0.4) is 0 Å². The molecule has 5 nitrogen and oxygen atoms in total. The van der Waals surface area contributed by atoms with Gasteiger partial charge >= 0.3 is 5.97 Å². The van der Waals surface area contributed by atoms with Crippen molar-refractivity contribution in [2.75, 3.05) is 6.54 Å². The average Bonchev–Trinajstić information content (AvgIpc) is 2.13. The number of amides is 1. The molecule has 0 aromatic rings. The van der Waals surface area contributed by atoms with Crippen LogP contribution in [0.25, 0.3) is 0 Å². The van der Waals surface area contributed by atoms with Gasteiger partial charge in [-0.3, -0.25) is 9.59 Å². The predicted octanol–water partition coefficient (Wildman–Crippen LogP) is 0.341. The Morgan fingerprint density at radius 1 is 1.44 bits per heavy atom. The Balaban J connectivity index is 2.45. The van der Waals surface area contributed by atoms with Gasteiger partial charge in [0.2, 0.25) is 5.91 Å². The van der Waals surface area contributed by atoms with Crippen LogP contribution in [0.4, 0.5) is 0 Å². The normalized spacial score (nSPS) is 21.7. The second-order valence-corrected chi connectivity index (χ2v) is 4.80. The topological polar surface area (TPSA) is 92.4 Å². The lowest BCUT2D eigenvalue weighted by molar-refractivity contribution is -0.154. The molecule has 0 spiro atoms. The number of hydrogen-bond acceptors (Lipinski definition) is 3. The van der Waals surface area contributed by atoms with E-state index < -0.39 is 11.4 Å². The van der Waals surface area contributed by atoms with Gasteiger partial charge in [0, 0.05) is 18.5 Å². The highest BCUT2D eigenvalue weighted by Gasteiger charge is 2.44. The van der Waals surface area contributed by atoms with Gasteiger partial charge in [-0.25, -0.2) is 0 Å². The van der Waals surface area contributed by atoms with Gasteiger partial charge in [-0.15, -0.1) is 0 Å². The summed E-state index contributed by atoms with van der Waals surface area (Å²) in [4.78, 5) is 22.7. The van der Waals surface area contributed by atoms with E-state index in [1.165, 1.54) is 0 Å². The Labute approximate surface area is 95.4 Å². The van der Waals surface area contributed by atoms with Gasteiger partial charge in [0.25, 0.3) is 0 Å². The van der Waals surface area contributed by atoms with E-state index in [1.807, 2.05) is 0 Å². The highest BCUT2D eigenvalue weighted by molar-refractivity contribution is 5.81. The maximum Gasteiger partial charge on any atom is 0.311 e. The van der Waals surface area contributed by atoms with Crippen molar-refractivity contribution >= 4 is 11.9 Å². The lowest BCUT2D eigenvalue weighted by atomic mass is 9.68. The Kier molecular flexibility index (Phi) is 3.91. The zero-order chi connectivity index (χ0) is 12.3. The van der Waals surface area contributed by atoms with Gasteiger partial charge in [-0.2, -0.15) is 0 Å². The molecular weight excluding hydrogens is 208 g/mol. The molecule has 1 aliphatic carbocycles. The molecule has 2 atom stereocenters. The smallest absolute Gasteiger partial charge is 0.311 e. The molecule has 0 aromatic carbocycles. The maximum atomic E-state index is 11.6. The predicted molar refractivity (Wildman–Crippen MR) is 59.7 cm³/mol. The molecule has 4 N–H and O–H groups in total. The molecule has 16 heavy (non-hydrogen) atoms. The number of hydrogen-bond donors (Lipinski definition) is 3. The van der Waals surface area contributed by atoms with E-state index in [2.05, 4.69) is 5.32 Å². The number of nitrogens with one attached hydrogen (secondary N) is 1. The zero-order valence-electron chi connectivity index (χ0n) is 9.82. The first-order valence-corrected chi connectivity index (χ1v) is 5.66. The zero-order valence-corrected chi connectivity index (χ0v) is 9.82. The summed E-state index contributed by atoms with van der Waals surface area (Å²) < 4.78 is 0. The van der Waals surface area contributed by atoms with Crippen LogP contribution in [0.15, 0.2) is 0 Å². The molecule has 0 heterocycles. The van der Waals surface area contributed by atoms with Gasteiger partial charge in [-0.1, -0.05) is 13.3 Å². The average molecular weight is 228 g/mol. The fraction of sp³-hybridized carbons (Fsp3) is 0.818. The van der Waals surface area contributed by atoms with Crippen molar-refractivity contribution in [3.63, 3.8) is 0 Å². The minimum Gasteiger partial charge on any atom is -0.481 e. The largest absolute Gasteiger partial charge is 0.481 e. The second kappa shape index (κ2) is 4.82. The van der Waals surface area contributed by atoms with Gasteiger partial charge < -0.3 is 16.2 Å². The SMILES string of the molecule is CC(N)C(C)C(=O)NCC1(C(=O)O)CCC1. The number of nitrogens with two attached hydrogens (primary N) is 1. The summed E-state index contributed by atoms with van der Waals surface area (Å²) in [7, 11) is 0. The van der Waals surface area contributed by atoms with Crippen molar-refractivity contribution in [2.24, 2.45) is 17.1 Å². The molecule has 5 heteroatoms. The summed E-state index contributed by atoms with van der Waals surface area (Å²) in [6.45, 7) is 3.73. The molecule has 92 valence electrons. The molecular formula is C11H20N2O3. The van der Waals surface area contributed by atoms with E-state index in [0.717, 1.165) is 6.42 Å². The third kappa shape index (κ3) is 2.52. The van der Waals surface area contributed by atoms with Gasteiger partial charge in [0.1, 0.15) is 0 Å². The van der Waals surface area contributed by atoms with Crippen molar-refractivity contribution in [1.29, 1.82) is 0 Å². The highest BCUT2D eigenvalue weighted by atomic mass is 16.4. The Morgan fingerprint density at radius 3 is 2.31 bits per heavy atom. The van der Waals surface area contributed by atoms with Crippen molar-refractivity contribution in [2.45, 2.75) is 39.2 Å². The van der Waals surface area contributed by atoms with E-state index in [0.29, 0.717) is 12.8 Å². The number of rotatable bonds is 5. The van der Waals surface area contributed by atoms with Crippen molar-refractivity contribution < 1.29 is 14.7 Å². The third-order valence-corrected chi connectivity index (χ3v) is 3.57. The van der Waals surface area contributed by atoms with Crippen LogP contribution in [0.2, 0.25) is 0 Å². The molecule has 0 aromatic heterocycles. The first kappa shape index (κ1) is 13.0. The third-order valence-electron chi connectivity index (χ3n) is 3.57. The summed E-state index contributed by atoms with van der Waals surface area (Å²) in [6, 6.07) is -0.220. The summed E-state index contributed by atoms with van der Waals surface area (Å²) in [5, 5.41) is 11.8. The number of aliphatic carboxylic acids is 1. The number of carboxylic acids is 1. The van der Waals surface area contributed by atoms with Gasteiger partial charge in [-0.05, 0) is 19.8 Å². The van der Waals surface area contributed by atoms with Gasteiger partial charge in [0.15, 0.2) is 0 Å². The fourth-order valence-corrected chi connectivity index (χ4v) is 1.73. The monoisotopic (exact) mass is 228 g/mol. The molecule has 0 radical (unpaired) electrons. The van der Waals surface area contributed by atoms with Crippen LogP contribution >= 0.6 is 0 Å². The Bertz CT molecular complexity index is 285. The number of carbonyl (C=O) groups is 2. The van der Waals surface area contributed by atoms with Crippen LogP contribution < -0.4 is 11.1 Å². The summed E-state index contributed by atoms with van der Waals surface area (Å²) in [5.74, 6) is -1.26. The van der Waals surface area contributed by atoms with Crippen LogP contribution in [-0.2, 0) is 9.59 Å². The van der Waals surface area contributed by atoms with E-state index in [1.54, 1.807) is 13.8 Å². The Hall–Kier alpha value is -1.10. The molecule has 2 unspecified atom stereocenters. The minimum atomic E-state index is -0.812. The molecule has 0 aliphatic heterocycles. The van der Waals surface area contributed by atoms with Crippen LogP contribution in [0.1, 0.15) is 33.1 Å². The van der Waals surface area contributed by atoms with E-state index >= 15 is 0 Å². The summed E-state index contributed by atoms with van der Waals surface area (Å²) in [6.07, 6.45) is 2.22. The fourth-order valence-electron chi connectivity index (χ4n) is 1.73. The van der Waals surface area contributed by atoms with Crippen LogP contribution in [0.5, 0.6) is 0 Å². The van der Waals surface area contributed by atoms with Crippen LogP contribution in [-0.4, -0.2) is 29.6 Å². The second-order valence-electron chi connectivity index (χ2n) is 4.80. The van der Waals surface area contributed by atoms with Crippen molar-refractivity contribution in [1.82, 2.24) is 5.32 Å². The number of carboxylic acid groups (broad SMARTS) is 1. The van der Waals surface area contributed by atoms with Crippen molar-refractivity contribution in [3.05, 3.63) is 0 Å². The first-order valence-electron chi connectivity index (χ1n) is 5.66. The van der Waals surface area contributed by atoms with Crippen molar-refractivity contribution in [3.8, 4) is 0 Å².